The first-order valence-electron chi connectivity index (χ1n) is 6.91. The molecular formula is C14H32N2. The van der Waals surface area contributed by atoms with Crippen molar-refractivity contribution in [2.24, 2.45) is 17.1 Å². The topological polar surface area (TPSA) is 38.0 Å². The van der Waals surface area contributed by atoms with Crippen molar-refractivity contribution in [3.05, 3.63) is 0 Å². The summed E-state index contributed by atoms with van der Waals surface area (Å²) < 4.78 is 0. The van der Waals surface area contributed by atoms with E-state index < -0.39 is 0 Å². The van der Waals surface area contributed by atoms with Crippen molar-refractivity contribution in [1.82, 2.24) is 5.32 Å². The first kappa shape index (κ1) is 15.9. The van der Waals surface area contributed by atoms with Crippen LogP contribution in [0.25, 0.3) is 0 Å². The standard InChI is InChI=1S/C14H32N2/c1-13(2)14(3,4)12-16-11-9-7-5-6-8-10-15/h13,16H,5-12,15H2,1-4H3. The average Bonchev–Trinajstić information content (AvgIpc) is 2.21. The van der Waals surface area contributed by atoms with Gasteiger partial charge in [0.25, 0.3) is 0 Å². The Bertz CT molecular complexity index is 153. The van der Waals surface area contributed by atoms with E-state index in [0.717, 1.165) is 19.0 Å². The molecule has 2 nitrogen and oxygen atoms in total. The molecule has 0 rings (SSSR count). The molecule has 0 amide bonds. The van der Waals surface area contributed by atoms with E-state index in [1.807, 2.05) is 0 Å². The number of hydrogen-bond donors (Lipinski definition) is 2. The molecule has 0 saturated heterocycles. The van der Waals surface area contributed by atoms with Gasteiger partial charge in [0.05, 0.1) is 0 Å². The van der Waals surface area contributed by atoms with Crippen molar-refractivity contribution >= 4 is 0 Å². The maximum Gasteiger partial charge on any atom is 0.000496 e. The fourth-order valence-corrected chi connectivity index (χ4v) is 1.54. The van der Waals surface area contributed by atoms with E-state index in [-0.39, 0.29) is 0 Å². The van der Waals surface area contributed by atoms with Crippen molar-refractivity contribution in [1.29, 1.82) is 0 Å². The van der Waals surface area contributed by atoms with E-state index >= 15 is 0 Å². The SMILES string of the molecule is CC(C)C(C)(C)CNCCCCCCCN. The minimum absolute atomic E-state index is 0.416. The van der Waals surface area contributed by atoms with Gasteiger partial charge in [-0.15, -0.1) is 0 Å². The lowest BCUT2D eigenvalue weighted by Crippen LogP contribution is -2.33. The Hall–Kier alpha value is -0.0800. The second kappa shape index (κ2) is 9.00. The van der Waals surface area contributed by atoms with Crippen LogP contribution in [0.15, 0.2) is 0 Å². The van der Waals surface area contributed by atoms with E-state index in [1.165, 1.54) is 38.6 Å². The fraction of sp³-hybridized carbons (Fsp3) is 1.00. The Morgan fingerprint density at radius 1 is 1.00 bits per heavy atom. The molecule has 0 aliphatic rings. The highest BCUT2D eigenvalue weighted by atomic mass is 14.9. The summed E-state index contributed by atoms with van der Waals surface area (Å²) in [5.41, 5.74) is 5.87. The van der Waals surface area contributed by atoms with Gasteiger partial charge < -0.3 is 11.1 Å². The first-order valence-corrected chi connectivity index (χ1v) is 6.91. The predicted molar refractivity (Wildman–Crippen MR) is 73.6 cm³/mol. The summed E-state index contributed by atoms with van der Waals surface area (Å²) in [4.78, 5) is 0. The van der Waals surface area contributed by atoms with Gasteiger partial charge in [0.15, 0.2) is 0 Å². The molecule has 2 heteroatoms. The Kier molecular flexibility index (Phi) is 8.96. The Morgan fingerprint density at radius 2 is 1.56 bits per heavy atom. The van der Waals surface area contributed by atoms with Crippen LogP contribution in [-0.4, -0.2) is 19.6 Å². The van der Waals surface area contributed by atoms with Crippen LogP contribution in [-0.2, 0) is 0 Å². The van der Waals surface area contributed by atoms with Gasteiger partial charge in [0, 0.05) is 6.54 Å². The molecule has 3 N–H and O–H groups in total. The Morgan fingerprint density at radius 3 is 2.12 bits per heavy atom. The molecule has 0 heterocycles. The maximum absolute atomic E-state index is 5.45. The van der Waals surface area contributed by atoms with Crippen LogP contribution in [0.2, 0.25) is 0 Å². The van der Waals surface area contributed by atoms with E-state index in [2.05, 4.69) is 33.0 Å². The fourth-order valence-electron chi connectivity index (χ4n) is 1.54. The zero-order valence-electron chi connectivity index (χ0n) is 11.8. The second-order valence-electron chi connectivity index (χ2n) is 5.88. The summed E-state index contributed by atoms with van der Waals surface area (Å²) in [6.45, 7) is 12.4. The highest BCUT2D eigenvalue weighted by Gasteiger charge is 2.21. The highest BCUT2D eigenvalue weighted by molar-refractivity contribution is 4.74. The van der Waals surface area contributed by atoms with Gasteiger partial charge in [0.1, 0.15) is 0 Å². The number of nitrogens with two attached hydrogens (primary N) is 1. The van der Waals surface area contributed by atoms with Gasteiger partial charge in [-0.2, -0.15) is 0 Å². The van der Waals surface area contributed by atoms with Crippen LogP contribution in [0.5, 0.6) is 0 Å². The van der Waals surface area contributed by atoms with Gasteiger partial charge >= 0.3 is 0 Å². The van der Waals surface area contributed by atoms with Crippen molar-refractivity contribution in [3.63, 3.8) is 0 Å². The summed E-state index contributed by atoms with van der Waals surface area (Å²) in [6, 6.07) is 0. The second-order valence-corrected chi connectivity index (χ2v) is 5.88. The number of unbranched alkanes of at least 4 members (excludes halogenated alkanes) is 4. The molecule has 16 heavy (non-hydrogen) atoms. The Labute approximate surface area is 102 Å². The molecule has 0 unspecified atom stereocenters. The predicted octanol–water partition coefficient (Wildman–Crippen LogP) is 3.17. The van der Waals surface area contributed by atoms with Gasteiger partial charge in [0.2, 0.25) is 0 Å². The normalized spacial score (nSPS) is 12.4. The first-order chi connectivity index (χ1) is 7.50. The minimum Gasteiger partial charge on any atom is -0.330 e. The lowest BCUT2D eigenvalue weighted by atomic mass is 9.81. The third-order valence-corrected chi connectivity index (χ3v) is 3.70. The zero-order chi connectivity index (χ0) is 12.4. The summed E-state index contributed by atoms with van der Waals surface area (Å²) in [6.07, 6.45) is 6.47. The summed E-state index contributed by atoms with van der Waals surface area (Å²) in [5.74, 6) is 0.740. The van der Waals surface area contributed by atoms with Gasteiger partial charge in [-0.05, 0) is 37.3 Å². The molecule has 0 atom stereocenters. The summed E-state index contributed by atoms with van der Waals surface area (Å²) >= 11 is 0. The van der Waals surface area contributed by atoms with Crippen LogP contribution in [0, 0.1) is 11.3 Å². The number of hydrogen-bond acceptors (Lipinski definition) is 2. The van der Waals surface area contributed by atoms with E-state index in [4.69, 9.17) is 5.73 Å². The molecule has 0 radical (unpaired) electrons. The van der Waals surface area contributed by atoms with Crippen LogP contribution in [0.4, 0.5) is 0 Å². The smallest absolute Gasteiger partial charge is 0.000496 e. The molecular weight excluding hydrogens is 196 g/mol. The van der Waals surface area contributed by atoms with Crippen molar-refractivity contribution in [2.75, 3.05) is 19.6 Å². The Balaban J connectivity index is 3.27. The van der Waals surface area contributed by atoms with E-state index in [1.54, 1.807) is 0 Å². The lowest BCUT2D eigenvalue weighted by molar-refractivity contribution is 0.238. The van der Waals surface area contributed by atoms with Gasteiger partial charge in [-0.3, -0.25) is 0 Å². The van der Waals surface area contributed by atoms with E-state index in [9.17, 15) is 0 Å². The summed E-state index contributed by atoms with van der Waals surface area (Å²) in [7, 11) is 0. The molecule has 0 fully saturated rings. The molecule has 98 valence electrons. The molecule has 0 aliphatic carbocycles. The van der Waals surface area contributed by atoms with Gasteiger partial charge in [-0.1, -0.05) is 47.0 Å². The zero-order valence-corrected chi connectivity index (χ0v) is 11.8. The number of nitrogens with one attached hydrogen (secondary N) is 1. The molecule has 0 saturated carbocycles. The van der Waals surface area contributed by atoms with Gasteiger partial charge in [-0.25, -0.2) is 0 Å². The molecule has 0 aliphatic heterocycles. The van der Waals surface area contributed by atoms with Crippen LogP contribution < -0.4 is 11.1 Å². The highest BCUT2D eigenvalue weighted by Crippen LogP contribution is 2.24. The quantitative estimate of drug-likeness (QED) is 0.564. The van der Waals surface area contributed by atoms with Crippen molar-refractivity contribution in [3.8, 4) is 0 Å². The van der Waals surface area contributed by atoms with Crippen LogP contribution in [0.3, 0.4) is 0 Å². The maximum atomic E-state index is 5.45. The molecule has 0 aromatic carbocycles. The number of rotatable bonds is 10. The molecule has 0 aromatic rings. The monoisotopic (exact) mass is 228 g/mol. The third-order valence-electron chi connectivity index (χ3n) is 3.70. The van der Waals surface area contributed by atoms with Crippen LogP contribution in [0.1, 0.15) is 59.8 Å². The molecule has 0 spiro atoms. The van der Waals surface area contributed by atoms with Crippen molar-refractivity contribution in [2.45, 2.75) is 59.8 Å². The van der Waals surface area contributed by atoms with Crippen LogP contribution >= 0.6 is 0 Å². The third kappa shape index (κ3) is 8.12. The molecule has 0 aromatic heterocycles. The largest absolute Gasteiger partial charge is 0.330 e. The lowest BCUT2D eigenvalue weighted by Gasteiger charge is -2.29. The summed E-state index contributed by atoms with van der Waals surface area (Å²) in [5, 5.41) is 3.57. The average molecular weight is 228 g/mol. The van der Waals surface area contributed by atoms with Crippen molar-refractivity contribution < 1.29 is 0 Å². The minimum atomic E-state index is 0.416. The van der Waals surface area contributed by atoms with E-state index in [0.29, 0.717) is 5.41 Å². The molecule has 0 bridgehead atoms.